The minimum absolute atomic E-state index is 0.207. The molecule has 0 radical (unpaired) electrons. The number of amidine groups is 1. The quantitative estimate of drug-likeness (QED) is 0.408. The molecule has 0 saturated carbocycles. The molecule has 3 rings (SSSR count). The molecule has 1 saturated heterocycles. The maximum absolute atomic E-state index is 11.7. The van der Waals surface area contributed by atoms with Gasteiger partial charge in [0.1, 0.15) is 11.5 Å². The number of furan rings is 1. The van der Waals surface area contributed by atoms with E-state index in [4.69, 9.17) is 9.15 Å². The summed E-state index contributed by atoms with van der Waals surface area (Å²) in [6, 6.07) is 10.2. The maximum atomic E-state index is 11.7. The molecule has 1 N–H and O–H groups in total. The van der Waals surface area contributed by atoms with Gasteiger partial charge in [0.05, 0.1) is 23.6 Å². The number of esters is 1. The summed E-state index contributed by atoms with van der Waals surface area (Å²) in [5.41, 5.74) is 1.22. The van der Waals surface area contributed by atoms with E-state index in [2.05, 4.69) is 15.5 Å². The van der Waals surface area contributed by atoms with E-state index < -0.39 is 23.5 Å². The van der Waals surface area contributed by atoms with E-state index in [1.807, 2.05) is 0 Å². The Kier molecular flexibility index (Phi) is 6.45. The van der Waals surface area contributed by atoms with Crippen LogP contribution >= 0.6 is 11.8 Å². The predicted molar refractivity (Wildman–Crippen MR) is 104 cm³/mol. The van der Waals surface area contributed by atoms with Crippen LogP contribution in [0.1, 0.15) is 29.5 Å². The largest absolute Gasteiger partial charge is 0.550 e. The SMILES string of the molecule is CCOC(=O)c1ccc(-c2ccc(/C=N\N=C3\NC(=O)[C@@H](CC(=O)[O-])S3)o2)cc1. The first-order valence-corrected chi connectivity index (χ1v) is 9.50. The molecule has 0 aliphatic carbocycles. The van der Waals surface area contributed by atoms with Crippen LogP contribution in [0.3, 0.4) is 0 Å². The van der Waals surface area contributed by atoms with Crippen molar-refractivity contribution >= 4 is 41.0 Å². The number of ether oxygens (including phenoxy) is 1. The Labute approximate surface area is 169 Å². The fourth-order valence-electron chi connectivity index (χ4n) is 2.44. The van der Waals surface area contributed by atoms with E-state index in [9.17, 15) is 19.5 Å². The van der Waals surface area contributed by atoms with Gasteiger partial charge in [-0.1, -0.05) is 23.9 Å². The Bertz CT molecular complexity index is 980. The number of hydrogen-bond donors (Lipinski definition) is 1. The lowest BCUT2D eigenvalue weighted by molar-refractivity contribution is -0.305. The molecule has 1 aliphatic heterocycles. The third-order valence-corrected chi connectivity index (χ3v) is 4.84. The summed E-state index contributed by atoms with van der Waals surface area (Å²) in [4.78, 5) is 33.9. The molecule has 1 fully saturated rings. The van der Waals surface area contributed by atoms with E-state index in [0.29, 0.717) is 23.7 Å². The van der Waals surface area contributed by atoms with Crippen molar-refractivity contribution in [2.45, 2.75) is 18.6 Å². The number of hydrogen-bond acceptors (Lipinski definition) is 9. The van der Waals surface area contributed by atoms with Crippen LogP contribution in [0.2, 0.25) is 0 Å². The number of carboxylic acid groups (broad SMARTS) is 1. The molecular weight excluding hydrogens is 398 g/mol. The molecule has 1 aromatic carbocycles. The van der Waals surface area contributed by atoms with Crippen molar-refractivity contribution in [2.24, 2.45) is 10.2 Å². The molecule has 2 heterocycles. The summed E-state index contributed by atoms with van der Waals surface area (Å²) in [5, 5.41) is 20.2. The van der Waals surface area contributed by atoms with Gasteiger partial charge in [-0.2, -0.15) is 5.10 Å². The molecule has 1 aliphatic rings. The lowest BCUT2D eigenvalue weighted by atomic mass is 10.1. The first-order chi connectivity index (χ1) is 14.0. The third kappa shape index (κ3) is 5.32. The Balaban J connectivity index is 1.62. The van der Waals surface area contributed by atoms with E-state index in [1.54, 1.807) is 43.3 Å². The average molecular weight is 414 g/mol. The van der Waals surface area contributed by atoms with Crippen molar-refractivity contribution in [3.05, 3.63) is 47.7 Å². The van der Waals surface area contributed by atoms with Gasteiger partial charge in [-0.25, -0.2) is 4.79 Å². The number of carboxylic acids is 1. The van der Waals surface area contributed by atoms with Gasteiger partial charge in [-0.3, -0.25) is 4.79 Å². The predicted octanol–water partition coefficient (Wildman–Crippen LogP) is 1.18. The van der Waals surface area contributed by atoms with Crippen LogP contribution in [0, 0.1) is 0 Å². The summed E-state index contributed by atoms with van der Waals surface area (Å²) in [6.45, 7) is 2.06. The number of carbonyl (C=O) groups excluding carboxylic acids is 3. The number of aliphatic carboxylic acids is 1. The topological polar surface area (TPSA) is 133 Å². The summed E-state index contributed by atoms with van der Waals surface area (Å²) in [6.07, 6.45) is 0.970. The van der Waals surface area contributed by atoms with Gasteiger partial charge in [0.15, 0.2) is 5.17 Å². The van der Waals surface area contributed by atoms with Gasteiger partial charge in [-0.05, 0) is 31.2 Å². The fourth-order valence-corrected chi connectivity index (χ4v) is 3.35. The second-order valence-corrected chi connectivity index (χ2v) is 7.01. The van der Waals surface area contributed by atoms with Crippen LogP contribution in [-0.2, 0) is 14.3 Å². The second kappa shape index (κ2) is 9.20. The molecule has 1 aromatic heterocycles. The molecule has 9 nitrogen and oxygen atoms in total. The maximum Gasteiger partial charge on any atom is 0.338 e. The summed E-state index contributed by atoms with van der Waals surface area (Å²) in [5.74, 6) is -1.13. The smallest absolute Gasteiger partial charge is 0.338 e. The van der Waals surface area contributed by atoms with Gasteiger partial charge >= 0.3 is 5.97 Å². The molecule has 0 spiro atoms. The summed E-state index contributed by atoms with van der Waals surface area (Å²) < 4.78 is 10.6. The molecule has 1 atom stereocenters. The molecule has 2 aromatic rings. The molecule has 150 valence electrons. The zero-order chi connectivity index (χ0) is 20.8. The van der Waals surface area contributed by atoms with E-state index in [-0.39, 0.29) is 11.1 Å². The van der Waals surface area contributed by atoms with E-state index in [1.165, 1.54) is 6.21 Å². The highest BCUT2D eigenvalue weighted by Crippen LogP contribution is 2.23. The average Bonchev–Trinajstić information content (AvgIpc) is 3.29. The van der Waals surface area contributed by atoms with Crippen LogP contribution in [0.25, 0.3) is 11.3 Å². The zero-order valence-electron chi connectivity index (χ0n) is 15.3. The standard InChI is InChI=1S/C19H17N3O6S/c1-2-27-18(26)12-5-3-11(4-6-12)14-8-7-13(28-14)10-20-22-19-21-17(25)15(29-19)9-16(23)24/h3-8,10,15H,2,9H2,1H3,(H,23,24)(H,21,22,25)/p-1/b20-10-/t15-/m1/s1. The lowest BCUT2D eigenvalue weighted by Crippen LogP contribution is -2.31. The Morgan fingerprint density at radius 2 is 2.03 bits per heavy atom. The number of carbonyl (C=O) groups is 3. The molecule has 0 bridgehead atoms. The lowest BCUT2D eigenvalue weighted by Gasteiger charge is -2.04. The van der Waals surface area contributed by atoms with Crippen molar-refractivity contribution in [1.29, 1.82) is 0 Å². The number of nitrogens with zero attached hydrogens (tertiary/aromatic N) is 2. The Morgan fingerprint density at radius 3 is 2.72 bits per heavy atom. The van der Waals surface area contributed by atoms with Gasteiger partial charge < -0.3 is 24.4 Å². The summed E-state index contributed by atoms with van der Waals surface area (Å²) >= 11 is 0.978. The highest BCUT2D eigenvalue weighted by Gasteiger charge is 2.30. The van der Waals surface area contributed by atoms with Gasteiger partial charge in [-0.15, -0.1) is 5.10 Å². The molecular formula is C19H16N3O6S-. The monoisotopic (exact) mass is 414 g/mol. The van der Waals surface area contributed by atoms with Crippen molar-refractivity contribution in [3.8, 4) is 11.3 Å². The van der Waals surface area contributed by atoms with Gasteiger partial charge in [0, 0.05) is 18.0 Å². The molecule has 0 unspecified atom stereocenters. The molecule has 29 heavy (non-hydrogen) atoms. The Hall–Kier alpha value is -3.40. The third-order valence-electron chi connectivity index (χ3n) is 3.77. The van der Waals surface area contributed by atoms with Crippen molar-refractivity contribution in [2.75, 3.05) is 6.61 Å². The van der Waals surface area contributed by atoms with Crippen LogP contribution < -0.4 is 10.4 Å². The van der Waals surface area contributed by atoms with Gasteiger partial charge in [0.2, 0.25) is 5.91 Å². The number of rotatable bonds is 7. The number of amides is 1. The molecule has 10 heteroatoms. The summed E-state index contributed by atoms with van der Waals surface area (Å²) in [7, 11) is 0. The first-order valence-electron chi connectivity index (χ1n) is 8.62. The fraction of sp³-hybridized carbons (Fsp3) is 0.211. The van der Waals surface area contributed by atoms with E-state index in [0.717, 1.165) is 17.3 Å². The number of nitrogens with one attached hydrogen (secondary N) is 1. The first kappa shape index (κ1) is 20.3. The minimum atomic E-state index is -1.30. The van der Waals surface area contributed by atoms with Crippen molar-refractivity contribution in [1.82, 2.24) is 5.32 Å². The van der Waals surface area contributed by atoms with Crippen molar-refractivity contribution in [3.63, 3.8) is 0 Å². The second-order valence-electron chi connectivity index (χ2n) is 5.82. The Morgan fingerprint density at radius 1 is 1.28 bits per heavy atom. The molecule has 1 amide bonds. The number of benzene rings is 1. The van der Waals surface area contributed by atoms with Crippen molar-refractivity contribution < 1.29 is 28.6 Å². The highest BCUT2D eigenvalue weighted by atomic mass is 32.2. The van der Waals surface area contributed by atoms with E-state index >= 15 is 0 Å². The van der Waals surface area contributed by atoms with Crippen LogP contribution in [0.15, 0.2) is 51.0 Å². The highest BCUT2D eigenvalue weighted by molar-refractivity contribution is 8.15. The normalized spacial score (nSPS) is 17.6. The van der Waals surface area contributed by atoms with Crippen LogP contribution in [-0.4, -0.2) is 41.1 Å². The van der Waals surface area contributed by atoms with Crippen LogP contribution in [0.4, 0.5) is 0 Å². The minimum Gasteiger partial charge on any atom is -0.550 e. The zero-order valence-corrected chi connectivity index (χ0v) is 16.1. The van der Waals surface area contributed by atoms with Gasteiger partial charge in [0.25, 0.3) is 0 Å². The van der Waals surface area contributed by atoms with Crippen LogP contribution in [0.5, 0.6) is 0 Å². The number of thioether (sulfide) groups is 1.